The maximum atomic E-state index is 12.9. The van der Waals surface area contributed by atoms with Crippen LogP contribution in [0, 0.1) is 11.6 Å². The highest BCUT2D eigenvalue weighted by Gasteiger charge is 2.11. The van der Waals surface area contributed by atoms with Crippen LogP contribution in [0.1, 0.15) is 16.8 Å². The molecule has 1 nitrogen and oxygen atoms in total. The Morgan fingerprint density at radius 3 is 2.69 bits per heavy atom. The molecule has 1 aromatic carbocycles. The third-order valence-corrected chi connectivity index (χ3v) is 1.74. The lowest BCUT2D eigenvalue weighted by Crippen LogP contribution is -2.03. The Balaban J connectivity index is 2.99. The molecule has 0 N–H and O–H groups in total. The highest BCUT2D eigenvalue weighted by molar-refractivity contribution is 6.19. The van der Waals surface area contributed by atoms with Crippen LogP contribution in [0.25, 0.3) is 0 Å². The van der Waals surface area contributed by atoms with Gasteiger partial charge in [-0.3, -0.25) is 4.79 Å². The first-order valence-electron chi connectivity index (χ1n) is 3.69. The largest absolute Gasteiger partial charge is 0.294 e. The summed E-state index contributed by atoms with van der Waals surface area (Å²) in [4.78, 5) is 11.1. The van der Waals surface area contributed by atoms with E-state index in [9.17, 15) is 13.6 Å². The predicted octanol–water partition coefficient (Wildman–Crippen LogP) is 2.78. The number of carbonyl (C=O) groups is 1. The van der Waals surface area contributed by atoms with Gasteiger partial charge < -0.3 is 0 Å². The van der Waals surface area contributed by atoms with Crippen molar-refractivity contribution >= 4 is 17.4 Å². The Kier molecular flexibility index (Phi) is 3.37. The van der Waals surface area contributed by atoms with Gasteiger partial charge in [0.2, 0.25) is 0 Å². The third-order valence-electron chi connectivity index (χ3n) is 1.55. The zero-order chi connectivity index (χ0) is 9.84. The number of benzene rings is 1. The highest BCUT2D eigenvalue weighted by Crippen LogP contribution is 2.12. The number of alkyl halides is 1. The van der Waals surface area contributed by atoms with Crippen LogP contribution in [0.15, 0.2) is 18.2 Å². The summed E-state index contributed by atoms with van der Waals surface area (Å²) >= 11 is 5.30. The Labute approximate surface area is 79.3 Å². The van der Waals surface area contributed by atoms with Gasteiger partial charge in [-0.05, 0) is 18.2 Å². The second-order valence-electron chi connectivity index (χ2n) is 2.49. The van der Waals surface area contributed by atoms with Crippen molar-refractivity contribution in [3.05, 3.63) is 35.4 Å². The second kappa shape index (κ2) is 4.33. The Hall–Kier alpha value is -0.960. The number of carbonyl (C=O) groups excluding carboxylic acids is 1. The molecule has 0 fully saturated rings. The van der Waals surface area contributed by atoms with E-state index in [0.717, 1.165) is 18.2 Å². The standard InChI is InChI=1S/C9H7ClF2O/c10-4-3-9(13)7-5-6(11)1-2-8(7)12/h1-2,5H,3-4H2. The molecule has 0 unspecified atom stereocenters. The minimum atomic E-state index is -0.712. The monoisotopic (exact) mass is 204 g/mol. The number of hydrogen-bond acceptors (Lipinski definition) is 1. The van der Waals surface area contributed by atoms with Gasteiger partial charge in [-0.25, -0.2) is 8.78 Å². The van der Waals surface area contributed by atoms with Crippen molar-refractivity contribution in [3.8, 4) is 0 Å². The van der Waals surface area contributed by atoms with Gasteiger partial charge in [0.1, 0.15) is 11.6 Å². The summed E-state index contributed by atoms with van der Waals surface area (Å²) < 4.78 is 25.5. The van der Waals surface area contributed by atoms with Gasteiger partial charge in [-0.2, -0.15) is 0 Å². The van der Waals surface area contributed by atoms with Gasteiger partial charge in [0.15, 0.2) is 5.78 Å². The Morgan fingerprint density at radius 2 is 2.08 bits per heavy atom. The van der Waals surface area contributed by atoms with Gasteiger partial charge in [0.05, 0.1) is 5.56 Å². The fraction of sp³-hybridized carbons (Fsp3) is 0.222. The molecule has 0 bridgehead atoms. The SMILES string of the molecule is O=C(CCCl)c1cc(F)ccc1F. The predicted molar refractivity (Wildman–Crippen MR) is 46.0 cm³/mol. The maximum Gasteiger partial charge on any atom is 0.167 e. The van der Waals surface area contributed by atoms with Gasteiger partial charge >= 0.3 is 0 Å². The van der Waals surface area contributed by atoms with Crippen LogP contribution in [0.3, 0.4) is 0 Å². The van der Waals surface area contributed by atoms with E-state index in [-0.39, 0.29) is 17.9 Å². The topological polar surface area (TPSA) is 17.1 Å². The van der Waals surface area contributed by atoms with E-state index >= 15 is 0 Å². The summed E-state index contributed by atoms with van der Waals surface area (Å²) in [5.74, 6) is -1.71. The number of Topliss-reactive ketones (excluding diaryl/α,β-unsaturated/α-hetero) is 1. The van der Waals surface area contributed by atoms with Crippen LogP contribution in [0.4, 0.5) is 8.78 Å². The minimum absolute atomic E-state index is 0.0158. The molecule has 70 valence electrons. The fourth-order valence-electron chi connectivity index (χ4n) is 0.932. The Morgan fingerprint density at radius 1 is 1.38 bits per heavy atom. The van der Waals surface area contributed by atoms with E-state index in [0.29, 0.717) is 0 Å². The fourth-order valence-corrected chi connectivity index (χ4v) is 1.10. The van der Waals surface area contributed by atoms with Gasteiger partial charge in [-0.1, -0.05) is 0 Å². The normalized spacial score (nSPS) is 10.1. The molecule has 1 aromatic rings. The first kappa shape index (κ1) is 10.1. The van der Waals surface area contributed by atoms with E-state index in [1.807, 2.05) is 0 Å². The van der Waals surface area contributed by atoms with Crippen molar-refractivity contribution in [2.24, 2.45) is 0 Å². The molecule has 0 aliphatic heterocycles. The van der Waals surface area contributed by atoms with E-state index in [4.69, 9.17) is 11.6 Å². The summed E-state index contributed by atoms with van der Waals surface area (Å²) in [5.41, 5.74) is -0.236. The van der Waals surface area contributed by atoms with E-state index in [1.54, 1.807) is 0 Å². The molecule has 0 aliphatic carbocycles. The Bertz CT molecular complexity index is 325. The summed E-state index contributed by atoms with van der Waals surface area (Å²) in [6, 6.07) is 2.77. The molecular formula is C9H7ClF2O. The van der Waals surface area contributed by atoms with Crippen LogP contribution >= 0.6 is 11.6 Å². The van der Waals surface area contributed by atoms with Crippen LogP contribution in [-0.2, 0) is 0 Å². The molecule has 0 saturated heterocycles. The first-order valence-corrected chi connectivity index (χ1v) is 4.23. The van der Waals surface area contributed by atoms with Crippen LogP contribution in [0.2, 0.25) is 0 Å². The van der Waals surface area contributed by atoms with E-state index in [2.05, 4.69) is 0 Å². The molecule has 0 heterocycles. The first-order chi connectivity index (χ1) is 6.15. The highest BCUT2D eigenvalue weighted by atomic mass is 35.5. The molecule has 0 aromatic heterocycles. The zero-order valence-corrected chi connectivity index (χ0v) is 7.44. The number of rotatable bonds is 3. The molecule has 4 heteroatoms. The quantitative estimate of drug-likeness (QED) is 0.547. The van der Waals surface area contributed by atoms with Crippen molar-refractivity contribution in [2.75, 3.05) is 5.88 Å². The van der Waals surface area contributed by atoms with Crippen molar-refractivity contribution < 1.29 is 13.6 Å². The van der Waals surface area contributed by atoms with Crippen LogP contribution in [-0.4, -0.2) is 11.7 Å². The van der Waals surface area contributed by atoms with Crippen molar-refractivity contribution in [1.82, 2.24) is 0 Å². The molecule has 0 aliphatic rings. The zero-order valence-electron chi connectivity index (χ0n) is 6.69. The lowest BCUT2D eigenvalue weighted by molar-refractivity contribution is 0.0985. The van der Waals surface area contributed by atoms with Gasteiger partial charge in [-0.15, -0.1) is 11.6 Å². The number of hydrogen-bond donors (Lipinski definition) is 0. The minimum Gasteiger partial charge on any atom is -0.294 e. The lowest BCUT2D eigenvalue weighted by atomic mass is 10.1. The average molecular weight is 205 g/mol. The molecular weight excluding hydrogens is 198 g/mol. The third kappa shape index (κ3) is 2.49. The summed E-state index contributed by atoms with van der Waals surface area (Å²) in [7, 11) is 0. The summed E-state index contributed by atoms with van der Waals surface area (Å²) in [6.45, 7) is 0. The molecule has 0 saturated carbocycles. The average Bonchev–Trinajstić information content (AvgIpc) is 2.09. The van der Waals surface area contributed by atoms with Gasteiger partial charge in [0, 0.05) is 12.3 Å². The molecule has 0 atom stereocenters. The number of ketones is 1. The van der Waals surface area contributed by atoms with Crippen LogP contribution in [0.5, 0.6) is 0 Å². The molecule has 0 spiro atoms. The van der Waals surface area contributed by atoms with Crippen molar-refractivity contribution in [1.29, 1.82) is 0 Å². The van der Waals surface area contributed by atoms with Crippen molar-refractivity contribution in [3.63, 3.8) is 0 Å². The lowest BCUT2D eigenvalue weighted by Gasteiger charge is -2.00. The maximum absolute atomic E-state index is 12.9. The molecule has 13 heavy (non-hydrogen) atoms. The number of halogens is 3. The summed E-state index contributed by atoms with van der Waals surface area (Å²) in [6.07, 6.45) is 0.0158. The molecule has 0 radical (unpaired) electrons. The van der Waals surface area contributed by atoms with E-state index in [1.165, 1.54) is 0 Å². The van der Waals surface area contributed by atoms with Crippen molar-refractivity contribution in [2.45, 2.75) is 6.42 Å². The van der Waals surface area contributed by atoms with Gasteiger partial charge in [0.25, 0.3) is 0 Å². The molecule has 1 rings (SSSR count). The molecule has 0 amide bonds. The smallest absolute Gasteiger partial charge is 0.167 e. The van der Waals surface area contributed by atoms with Crippen LogP contribution < -0.4 is 0 Å². The summed E-state index contributed by atoms with van der Waals surface area (Å²) in [5, 5.41) is 0. The van der Waals surface area contributed by atoms with E-state index < -0.39 is 17.4 Å². The second-order valence-corrected chi connectivity index (χ2v) is 2.86.